The number of ether oxygens (including phenoxy) is 2. The van der Waals surface area contributed by atoms with E-state index in [4.69, 9.17) is 15.2 Å². The molecule has 0 fully saturated rings. The van der Waals surface area contributed by atoms with E-state index in [0.29, 0.717) is 18.2 Å². The van der Waals surface area contributed by atoms with Gasteiger partial charge in [0.1, 0.15) is 24.0 Å². The molecule has 0 bridgehead atoms. The van der Waals surface area contributed by atoms with Crippen molar-refractivity contribution in [3.8, 4) is 11.6 Å². The van der Waals surface area contributed by atoms with E-state index in [1.165, 1.54) is 11.9 Å². The summed E-state index contributed by atoms with van der Waals surface area (Å²) in [5, 5.41) is 0. The maximum Gasteiger partial charge on any atom is 0.222 e. The molecule has 3 rings (SSSR count). The maximum absolute atomic E-state index is 6.08. The van der Waals surface area contributed by atoms with E-state index in [9.17, 15) is 0 Å². The fraction of sp³-hybridized carbons (Fsp3) is 0.412. The molecular formula is C17H22N4O2. The van der Waals surface area contributed by atoms with Crippen LogP contribution in [0.5, 0.6) is 11.6 Å². The number of fused-ring (bicyclic) bond motifs is 1. The molecule has 2 heterocycles. The van der Waals surface area contributed by atoms with E-state index in [0.717, 1.165) is 17.7 Å². The van der Waals surface area contributed by atoms with Gasteiger partial charge in [0.15, 0.2) is 0 Å². The van der Waals surface area contributed by atoms with Crippen LogP contribution < -0.4 is 15.2 Å². The molecule has 0 radical (unpaired) electrons. The molecule has 0 saturated heterocycles. The largest absolute Gasteiger partial charge is 0.488 e. The Kier molecular flexibility index (Phi) is 4.34. The molecule has 0 saturated carbocycles. The number of nitrogens with zero attached hydrogens (tertiary/aromatic N) is 3. The van der Waals surface area contributed by atoms with E-state index in [1.54, 1.807) is 7.11 Å². The minimum absolute atomic E-state index is 0.120. The van der Waals surface area contributed by atoms with Gasteiger partial charge in [0, 0.05) is 19.0 Å². The zero-order valence-corrected chi connectivity index (χ0v) is 13.7. The van der Waals surface area contributed by atoms with Crippen molar-refractivity contribution in [2.75, 3.05) is 19.9 Å². The number of rotatable bonds is 5. The predicted molar refractivity (Wildman–Crippen MR) is 88.5 cm³/mol. The highest BCUT2D eigenvalue weighted by Gasteiger charge is 2.30. The van der Waals surface area contributed by atoms with Crippen molar-refractivity contribution in [1.82, 2.24) is 14.9 Å². The monoisotopic (exact) mass is 314 g/mol. The maximum atomic E-state index is 6.08. The standard InChI is InChI=1S/C17H22N4O2/c1-11(15-8-12-6-4-5-7-14(12)23-15)21(2)9-13-16(18)19-10-20-17(13)22-3/h4-7,10-11,15H,8-9H2,1-3H3,(H2,18,19,20)/t11-,15+/m0/s1. The second-order valence-electron chi connectivity index (χ2n) is 5.87. The number of anilines is 1. The van der Waals surface area contributed by atoms with E-state index in [-0.39, 0.29) is 12.1 Å². The van der Waals surface area contributed by atoms with Gasteiger partial charge in [-0.05, 0) is 25.6 Å². The normalized spacial score (nSPS) is 17.7. The van der Waals surface area contributed by atoms with Crippen molar-refractivity contribution >= 4 is 5.82 Å². The van der Waals surface area contributed by atoms with Gasteiger partial charge in [-0.2, -0.15) is 0 Å². The van der Waals surface area contributed by atoms with Gasteiger partial charge in [-0.1, -0.05) is 18.2 Å². The second-order valence-corrected chi connectivity index (χ2v) is 5.87. The highest BCUT2D eigenvalue weighted by molar-refractivity contribution is 5.44. The van der Waals surface area contributed by atoms with Crippen LogP contribution in [0.15, 0.2) is 30.6 Å². The molecule has 6 heteroatoms. The van der Waals surface area contributed by atoms with Crippen molar-refractivity contribution in [3.63, 3.8) is 0 Å². The molecule has 2 aromatic rings. The van der Waals surface area contributed by atoms with Crippen LogP contribution in [0.3, 0.4) is 0 Å². The summed E-state index contributed by atoms with van der Waals surface area (Å²) >= 11 is 0. The lowest BCUT2D eigenvalue weighted by Gasteiger charge is -2.29. The first kappa shape index (κ1) is 15.6. The lowest BCUT2D eigenvalue weighted by atomic mass is 10.0. The Labute approximate surface area is 136 Å². The molecule has 0 unspecified atom stereocenters. The molecule has 2 atom stereocenters. The summed E-state index contributed by atoms with van der Waals surface area (Å²) in [6, 6.07) is 8.41. The SMILES string of the molecule is COc1ncnc(N)c1CN(C)[C@@H](C)[C@H]1Cc2ccccc2O1. The lowest BCUT2D eigenvalue weighted by molar-refractivity contribution is 0.104. The molecule has 1 aliphatic heterocycles. The van der Waals surface area contributed by atoms with Gasteiger partial charge in [0.2, 0.25) is 5.88 Å². The number of methoxy groups -OCH3 is 1. The third kappa shape index (κ3) is 3.07. The number of hydrogen-bond donors (Lipinski definition) is 1. The van der Waals surface area contributed by atoms with Gasteiger partial charge in [-0.3, -0.25) is 4.90 Å². The Morgan fingerprint density at radius 3 is 2.91 bits per heavy atom. The topological polar surface area (TPSA) is 73.5 Å². The van der Waals surface area contributed by atoms with Crippen LogP contribution in [0.4, 0.5) is 5.82 Å². The van der Waals surface area contributed by atoms with E-state index in [1.807, 2.05) is 25.2 Å². The van der Waals surface area contributed by atoms with Crippen molar-refractivity contribution in [2.24, 2.45) is 0 Å². The lowest BCUT2D eigenvalue weighted by Crippen LogP contribution is -2.41. The number of aromatic nitrogens is 2. The first-order chi connectivity index (χ1) is 11.1. The molecule has 2 N–H and O–H groups in total. The Morgan fingerprint density at radius 1 is 1.39 bits per heavy atom. The molecule has 23 heavy (non-hydrogen) atoms. The molecule has 0 aliphatic carbocycles. The minimum Gasteiger partial charge on any atom is -0.488 e. The number of nitrogen functional groups attached to an aromatic ring is 1. The van der Waals surface area contributed by atoms with Gasteiger partial charge in [-0.25, -0.2) is 9.97 Å². The van der Waals surface area contributed by atoms with E-state index < -0.39 is 0 Å². The van der Waals surface area contributed by atoms with Crippen LogP contribution in [-0.4, -0.2) is 41.2 Å². The van der Waals surface area contributed by atoms with Crippen molar-refractivity contribution in [3.05, 3.63) is 41.7 Å². The fourth-order valence-electron chi connectivity index (χ4n) is 2.89. The highest BCUT2D eigenvalue weighted by atomic mass is 16.5. The molecule has 6 nitrogen and oxygen atoms in total. The number of hydrogen-bond acceptors (Lipinski definition) is 6. The third-order valence-corrected chi connectivity index (χ3v) is 4.45. The van der Waals surface area contributed by atoms with Crippen molar-refractivity contribution in [1.29, 1.82) is 0 Å². The Bertz CT molecular complexity index is 667. The Balaban J connectivity index is 1.71. The summed E-state index contributed by atoms with van der Waals surface area (Å²) in [6.45, 7) is 2.76. The second kappa shape index (κ2) is 6.42. The summed E-state index contributed by atoms with van der Waals surface area (Å²) in [4.78, 5) is 10.4. The highest BCUT2D eigenvalue weighted by Crippen LogP contribution is 2.31. The molecule has 1 aliphatic rings. The third-order valence-electron chi connectivity index (χ3n) is 4.45. The molecule has 0 amide bonds. The summed E-state index contributed by atoms with van der Waals surface area (Å²) < 4.78 is 11.4. The Morgan fingerprint density at radius 2 is 2.17 bits per heavy atom. The average Bonchev–Trinajstić information content (AvgIpc) is 2.99. The molecule has 0 spiro atoms. The number of nitrogens with two attached hydrogens (primary N) is 1. The minimum atomic E-state index is 0.120. The quantitative estimate of drug-likeness (QED) is 0.908. The predicted octanol–water partition coefficient (Wildman–Crippen LogP) is 1.89. The van der Waals surface area contributed by atoms with Gasteiger partial charge in [0.05, 0.1) is 12.7 Å². The summed E-state index contributed by atoms with van der Waals surface area (Å²) in [5.74, 6) is 1.96. The smallest absolute Gasteiger partial charge is 0.222 e. The van der Waals surface area contributed by atoms with Crippen molar-refractivity contribution < 1.29 is 9.47 Å². The molecule has 122 valence electrons. The molecule has 1 aromatic heterocycles. The zero-order chi connectivity index (χ0) is 16.4. The van der Waals surface area contributed by atoms with Crippen LogP contribution in [0, 0.1) is 0 Å². The van der Waals surface area contributed by atoms with Gasteiger partial charge in [0.25, 0.3) is 0 Å². The average molecular weight is 314 g/mol. The molecule has 1 aromatic carbocycles. The van der Waals surface area contributed by atoms with E-state index in [2.05, 4.69) is 27.9 Å². The summed E-state index contributed by atoms with van der Waals surface area (Å²) in [7, 11) is 3.63. The Hall–Kier alpha value is -2.34. The number of benzene rings is 1. The summed E-state index contributed by atoms with van der Waals surface area (Å²) in [5.41, 5.74) is 8.05. The van der Waals surface area contributed by atoms with Gasteiger partial charge < -0.3 is 15.2 Å². The van der Waals surface area contributed by atoms with Gasteiger partial charge >= 0.3 is 0 Å². The van der Waals surface area contributed by atoms with Crippen LogP contribution in [0.1, 0.15) is 18.1 Å². The number of likely N-dealkylation sites (N-methyl/N-ethyl adjacent to an activating group) is 1. The van der Waals surface area contributed by atoms with E-state index >= 15 is 0 Å². The van der Waals surface area contributed by atoms with Crippen LogP contribution >= 0.6 is 0 Å². The van der Waals surface area contributed by atoms with Gasteiger partial charge in [-0.15, -0.1) is 0 Å². The summed E-state index contributed by atoms with van der Waals surface area (Å²) in [6.07, 6.45) is 2.45. The zero-order valence-electron chi connectivity index (χ0n) is 13.7. The first-order valence-electron chi connectivity index (χ1n) is 7.68. The van der Waals surface area contributed by atoms with Crippen LogP contribution in [-0.2, 0) is 13.0 Å². The molecular weight excluding hydrogens is 292 g/mol. The fourth-order valence-corrected chi connectivity index (χ4v) is 2.89. The first-order valence-corrected chi connectivity index (χ1v) is 7.68. The number of para-hydroxylation sites is 1. The van der Waals surface area contributed by atoms with Crippen LogP contribution in [0.25, 0.3) is 0 Å². The van der Waals surface area contributed by atoms with Crippen molar-refractivity contribution in [2.45, 2.75) is 32.0 Å². The van der Waals surface area contributed by atoms with Crippen LogP contribution in [0.2, 0.25) is 0 Å².